The minimum Gasteiger partial charge on any atom is -0.484 e. The molecule has 0 aliphatic heterocycles. The van der Waals surface area contributed by atoms with E-state index in [0.29, 0.717) is 0 Å². The molecule has 0 bridgehead atoms. The molecule has 0 unspecified atom stereocenters. The molecule has 0 saturated heterocycles. The van der Waals surface area contributed by atoms with Gasteiger partial charge in [-0.15, -0.1) is 0 Å². The van der Waals surface area contributed by atoms with Crippen LogP contribution in [-0.4, -0.2) is 28.3 Å². The van der Waals surface area contributed by atoms with Crippen molar-refractivity contribution in [1.29, 1.82) is 0 Å². The van der Waals surface area contributed by atoms with Crippen molar-refractivity contribution in [3.63, 3.8) is 0 Å². The number of nitro benzene ring substituents is 1. The lowest BCUT2D eigenvalue weighted by Gasteiger charge is -2.17. The number of aliphatic hydroxyl groups is 1. The average molecular weight is 266 g/mol. The molecule has 104 valence electrons. The predicted molar refractivity (Wildman–Crippen MR) is 71.5 cm³/mol. The fraction of sp³-hybridized carbons (Fsp3) is 0.538. The topological polar surface area (TPSA) is 84.6 Å². The fourth-order valence-corrected chi connectivity index (χ4v) is 1.87. The molecule has 1 saturated carbocycles. The zero-order chi connectivity index (χ0) is 14.0. The molecule has 2 rings (SSSR count). The van der Waals surface area contributed by atoms with Crippen molar-refractivity contribution < 1.29 is 14.8 Å². The van der Waals surface area contributed by atoms with Gasteiger partial charge in [-0.25, -0.2) is 0 Å². The number of nitro groups is 1. The molecular weight excluding hydrogens is 248 g/mol. The standard InChI is InChI=1S/C13H18N2O4/c1-9(2)19-12-7-10(3-4-11(12)15(17)18)14-13(8-16)5-6-13/h3-4,7,9,14,16H,5-6,8H2,1-2H3. The Morgan fingerprint density at radius 3 is 2.68 bits per heavy atom. The molecule has 1 aliphatic carbocycles. The first kappa shape index (κ1) is 13.6. The number of hydrogen-bond acceptors (Lipinski definition) is 5. The van der Waals surface area contributed by atoms with Crippen LogP contribution in [0.2, 0.25) is 0 Å². The maximum Gasteiger partial charge on any atom is 0.311 e. The van der Waals surface area contributed by atoms with Crippen LogP contribution in [0.15, 0.2) is 18.2 Å². The van der Waals surface area contributed by atoms with E-state index < -0.39 is 4.92 Å². The quantitative estimate of drug-likeness (QED) is 0.609. The van der Waals surface area contributed by atoms with Crippen LogP contribution in [-0.2, 0) is 0 Å². The summed E-state index contributed by atoms with van der Waals surface area (Å²) in [5, 5.41) is 23.4. The van der Waals surface area contributed by atoms with Gasteiger partial charge in [0.05, 0.1) is 23.2 Å². The van der Waals surface area contributed by atoms with Crippen LogP contribution in [0.25, 0.3) is 0 Å². The SMILES string of the molecule is CC(C)Oc1cc(NC2(CO)CC2)ccc1[N+](=O)[O-]. The summed E-state index contributed by atoms with van der Waals surface area (Å²) >= 11 is 0. The summed E-state index contributed by atoms with van der Waals surface area (Å²) in [6.45, 7) is 3.70. The summed E-state index contributed by atoms with van der Waals surface area (Å²) in [5.74, 6) is 0.249. The lowest BCUT2D eigenvalue weighted by Crippen LogP contribution is -2.25. The van der Waals surface area contributed by atoms with Gasteiger partial charge in [0.1, 0.15) is 0 Å². The Morgan fingerprint density at radius 1 is 1.53 bits per heavy atom. The maximum atomic E-state index is 10.9. The van der Waals surface area contributed by atoms with Gasteiger partial charge >= 0.3 is 5.69 Å². The molecule has 19 heavy (non-hydrogen) atoms. The van der Waals surface area contributed by atoms with Gasteiger partial charge in [0, 0.05) is 17.8 Å². The van der Waals surface area contributed by atoms with Crippen molar-refractivity contribution in [3.8, 4) is 5.75 Å². The van der Waals surface area contributed by atoms with E-state index in [9.17, 15) is 15.2 Å². The Labute approximate surface area is 111 Å². The van der Waals surface area contributed by atoms with Crippen molar-refractivity contribution in [2.45, 2.75) is 38.3 Å². The number of anilines is 1. The molecule has 6 nitrogen and oxygen atoms in total. The Hall–Kier alpha value is -1.82. The first-order valence-corrected chi connectivity index (χ1v) is 6.30. The van der Waals surface area contributed by atoms with Gasteiger partial charge in [-0.2, -0.15) is 0 Å². The highest BCUT2D eigenvalue weighted by Crippen LogP contribution is 2.40. The van der Waals surface area contributed by atoms with E-state index in [4.69, 9.17) is 4.74 Å². The van der Waals surface area contributed by atoms with Crippen LogP contribution in [0.3, 0.4) is 0 Å². The minimum atomic E-state index is -0.458. The molecule has 0 aromatic heterocycles. The molecule has 1 aliphatic rings. The second-order valence-electron chi connectivity index (χ2n) is 5.17. The molecule has 1 aromatic rings. The van der Waals surface area contributed by atoms with Crippen molar-refractivity contribution in [1.82, 2.24) is 0 Å². The second-order valence-corrected chi connectivity index (χ2v) is 5.17. The second kappa shape index (κ2) is 5.05. The van der Waals surface area contributed by atoms with Gasteiger partial charge in [-0.3, -0.25) is 10.1 Å². The van der Waals surface area contributed by atoms with Gasteiger partial charge in [-0.1, -0.05) is 0 Å². The molecule has 1 fully saturated rings. The molecule has 0 radical (unpaired) electrons. The van der Waals surface area contributed by atoms with Gasteiger partial charge in [0.15, 0.2) is 5.75 Å². The highest BCUT2D eigenvalue weighted by atomic mass is 16.6. The number of ether oxygens (including phenoxy) is 1. The Kier molecular flexibility index (Phi) is 3.61. The van der Waals surface area contributed by atoms with Crippen LogP contribution in [0.5, 0.6) is 5.75 Å². The van der Waals surface area contributed by atoms with E-state index in [0.717, 1.165) is 18.5 Å². The average Bonchev–Trinajstić information content (AvgIpc) is 3.08. The van der Waals surface area contributed by atoms with Crippen LogP contribution in [0, 0.1) is 10.1 Å². The molecule has 6 heteroatoms. The molecule has 1 aromatic carbocycles. The molecule has 2 N–H and O–H groups in total. The fourth-order valence-electron chi connectivity index (χ4n) is 1.87. The number of nitrogens with one attached hydrogen (secondary N) is 1. The van der Waals surface area contributed by atoms with E-state index >= 15 is 0 Å². The minimum absolute atomic E-state index is 0.0481. The summed E-state index contributed by atoms with van der Waals surface area (Å²) < 4.78 is 5.47. The van der Waals surface area contributed by atoms with E-state index in [2.05, 4.69) is 5.32 Å². The highest BCUT2D eigenvalue weighted by Gasteiger charge is 2.42. The molecule has 0 amide bonds. The lowest BCUT2D eigenvalue weighted by atomic mass is 10.2. The summed E-state index contributed by atoms with van der Waals surface area (Å²) in [4.78, 5) is 10.5. The number of hydrogen-bond donors (Lipinski definition) is 2. The number of nitrogens with zero attached hydrogens (tertiary/aromatic N) is 1. The first-order chi connectivity index (χ1) is 8.96. The van der Waals surface area contributed by atoms with Crippen molar-refractivity contribution >= 4 is 11.4 Å². The Morgan fingerprint density at radius 2 is 2.21 bits per heavy atom. The number of rotatable bonds is 6. The highest BCUT2D eigenvalue weighted by molar-refractivity contribution is 5.59. The molecule has 0 atom stereocenters. The van der Waals surface area contributed by atoms with Crippen molar-refractivity contribution in [3.05, 3.63) is 28.3 Å². The lowest BCUT2D eigenvalue weighted by molar-refractivity contribution is -0.386. The van der Waals surface area contributed by atoms with E-state index in [-0.39, 0.29) is 29.7 Å². The summed E-state index contributed by atoms with van der Waals surface area (Å²) in [6, 6.07) is 4.68. The third-order valence-corrected chi connectivity index (χ3v) is 3.08. The summed E-state index contributed by atoms with van der Waals surface area (Å²) in [7, 11) is 0. The van der Waals surface area contributed by atoms with E-state index in [1.807, 2.05) is 13.8 Å². The van der Waals surface area contributed by atoms with Gasteiger partial charge < -0.3 is 15.2 Å². The van der Waals surface area contributed by atoms with Crippen molar-refractivity contribution in [2.24, 2.45) is 0 Å². The van der Waals surface area contributed by atoms with Crippen molar-refractivity contribution in [2.75, 3.05) is 11.9 Å². The van der Waals surface area contributed by atoms with E-state index in [1.165, 1.54) is 6.07 Å². The number of aliphatic hydroxyl groups excluding tert-OH is 1. The first-order valence-electron chi connectivity index (χ1n) is 6.30. The zero-order valence-corrected chi connectivity index (χ0v) is 11.0. The predicted octanol–water partition coefficient (Wildman–Crippen LogP) is 2.32. The van der Waals surface area contributed by atoms with Gasteiger partial charge in [0.25, 0.3) is 0 Å². The third kappa shape index (κ3) is 3.14. The smallest absolute Gasteiger partial charge is 0.311 e. The molecule has 0 spiro atoms. The zero-order valence-electron chi connectivity index (χ0n) is 11.0. The summed E-state index contributed by atoms with van der Waals surface area (Å²) in [5.41, 5.74) is 0.423. The van der Waals surface area contributed by atoms with E-state index in [1.54, 1.807) is 12.1 Å². The third-order valence-electron chi connectivity index (χ3n) is 3.08. The number of benzene rings is 1. The normalized spacial score (nSPS) is 16.2. The summed E-state index contributed by atoms with van der Waals surface area (Å²) in [6.07, 6.45) is 1.67. The Balaban J connectivity index is 2.24. The maximum absolute atomic E-state index is 10.9. The van der Waals surface area contributed by atoms with Crippen LogP contribution < -0.4 is 10.1 Å². The molecule has 0 heterocycles. The van der Waals surface area contributed by atoms with Gasteiger partial charge in [0.2, 0.25) is 0 Å². The van der Waals surface area contributed by atoms with Gasteiger partial charge in [-0.05, 0) is 32.8 Å². The Bertz CT molecular complexity index is 484. The molecular formula is C13H18N2O4. The largest absolute Gasteiger partial charge is 0.484 e. The van der Waals surface area contributed by atoms with Crippen LogP contribution >= 0.6 is 0 Å². The van der Waals surface area contributed by atoms with Crippen LogP contribution in [0.1, 0.15) is 26.7 Å². The monoisotopic (exact) mass is 266 g/mol. The van der Waals surface area contributed by atoms with Crippen LogP contribution in [0.4, 0.5) is 11.4 Å².